The molecule has 0 heterocycles. The van der Waals surface area contributed by atoms with Crippen LogP contribution in [0.15, 0.2) is 0 Å². The van der Waals surface area contributed by atoms with Crippen molar-refractivity contribution < 1.29 is 9.53 Å². The van der Waals surface area contributed by atoms with Crippen LogP contribution in [0.2, 0.25) is 0 Å². The molecule has 1 aliphatic rings. The maximum atomic E-state index is 12.3. The van der Waals surface area contributed by atoms with Crippen molar-refractivity contribution in [1.82, 2.24) is 0 Å². The van der Waals surface area contributed by atoms with Gasteiger partial charge in [-0.25, -0.2) is 0 Å². The monoisotopic (exact) mass is 226 g/mol. The number of methoxy groups -OCH3 is 1. The Morgan fingerprint density at radius 2 is 2.12 bits per heavy atom. The van der Waals surface area contributed by atoms with Crippen LogP contribution in [-0.2, 0) is 9.53 Å². The van der Waals surface area contributed by atoms with E-state index in [2.05, 4.69) is 13.8 Å². The summed E-state index contributed by atoms with van der Waals surface area (Å²) in [6.45, 7) is 4.33. The lowest BCUT2D eigenvalue weighted by atomic mass is 9.72. The van der Waals surface area contributed by atoms with Gasteiger partial charge in [0, 0.05) is 13.5 Å². The summed E-state index contributed by atoms with van der Waals surface area (Å²) in [5.74, 6) is 0.732. The molecule has 2 heteroatoms. The molecule has 0 radical (unpaired) electrons. The highest BCUT2D eigenvalue weighted by molar-refractivity contribution is 5.87. The average Bonchev–Trinajstić information content (AvgIpc) is 2.30. The van der Waals surface area contributed by atoms with Crippen molar-refractivity contribution in [2.45, 2.75) is 70.8 Å². The minimum absolute atomic E-state index is 0.343. The molecule has 0 amide bonds. The molecule has 0 spiro atoms. The smallest absolute Gasteiger partial charge is 0.164 e. The Balaban J connectivity index is 2.59. The molecule has 1 fully saturated rings. The highest BCUT2D eigenvalue weighted by Gasteiger charge is 2.43. The molecule has 0 aliphatic heterocycles. The van der Waals surface area contributed by atoms with Crippen LogP contribution < -0.4 is 0 Å². The number of hydrogen-bond donors (Lipinski definition) is 0. The van der Waals surface area contributed by atoms with Crippen LogP contribution in [0.1, 0.15) is 65.2 Å². The van der Waals surface area contributed by atoms with Gasteiger partial charge >= 0.3 is 0 Å². The number of ketones is 1. The summed E-state index contributed by atoms with van der Waals surface area (Å²) >= 11 is 0. The number of carbonyl (C=O) groups excluding carboxylic acids is 1. The molecule has 0 aromatic heterocycles. The summed E-state index contributed by atoms with van der Waals surface area (Å²) in [7, 11) is 1.71. The molecular weight excluding hydrogens is 200 g/mol. The third-order valence-corrected chi connectivity index (χ3v) is 4.07. The molecule has 2 atom stereocenters. The number of carbonyl (C=O) groups is 1. The quantitative estimate of drug-likeness (QED) is 0.645. The van der Waals surface area contributed by atoms with Crippen molar-refractivity contribution in [1.29, 1.82) is 0 Å². The topological polar surface area (TPSA) is 26.3 Å². The Hall–Kier alpha value is -0.370. The van der Waals surface area contributed by atoms with E-state index in [1.54, 1.807) is 7.11 Å². The molecule has 0 aromatic rings. The van der Waals surface area contributed by atoms with Crippen molar-refractivity contribution in [2.75, 3.05) is 7.11 Å². The second kappa shape index (κ2) is 6.39. The summed E-state index contributed by atoms with van der Waals surface area (Å²) in [6.07, 6.45) is 8.48. The summed E-state index contributed by atoms with van der Waals surface area (Å²) in [5, 5.41) is 0. The lowest BCUT2D eigenvalue weighted by Crippen LogP contribution is -2.48. The molecule has 0 N–H and O–H groups in total. The lowest BCUT2D eigenvalue weighted by molar-refractivity contribution is -0.152. The SMILES string of the molecule is CCCCCC(=O)C1(OC)CCCCC1C. The van der Waals surface area contributed by atoms with Gasteiger partial charge in [0.05, 0.1) is 0 Å². The first-order valence-electron chi connectivity index (χ1n) is 6.75. The van der Waals surface area contributed by atoms with Gasteiger partial charge in [0.1, 0.15) is 5.60 Å². The van der Waals surface area contributed by atoms with E-state index in [4.69, 9.17) is 4.74 Å². The van der Waals surface area contributed by atoms with Gasteiger partial charge in [-0.1, -0.05) is 39.5 Å². The first-order chi connectivity index (χ1) is 7.67. The highest BCUT2D eigenvalue weighted by atomic mass is 16.5. The first kappa shape index (κ1) is 13.7. The fraction of sp³-hybridized carbons (Fsp3) is 0.929. The summed E-state index contributed by atoms with van der Waals surface area (Å²) in [4.78, 5) is 12.3. The molecule has 2 nitrogen and oxygen atoms in total. The minimum atomic E-state index is -0.452. The van der Waals surface area contributed by atoms with E-state index >= 15 is 0 Å². The van der Waals surface area contributed by atoms with Crippen LogP contribution in [0.4, 0.5) is 0 Å². The van der Waals surface area contributed by atoms with Crippen LogP contribution in [0.25, 0.3) is 0 Å². The van der Waals surface area contributed by atoms with Crippen LogP contribution in [0.5, 0.6) is 0 Å². The van der Waals surface area contributed by atoms with Gasteiger partial charge in [0.2, 0.25) is 0 Å². The van der Waals surface area contributed by atoms with Crippen molar-refractivity contribution in [3.63, 3.8) is 0 Å². The highest BCUT2D eigenvalue weighted by Crippen LogP contribution is 2.38. The third-order valence-electron chi connectivity index (χ3n) is 4.07. The molecule has 2 unspecified atom stereocenters. The van der Waals surface area contributed by atoms with Crippen LogP contribution in [-0.4, -0.2) is 18.5 Å². The molecule has 16 heavy (non-hydrogen) atoms. The summed E-state index contributed by atoms with van der Waals surface area (Å²) in [5.41, 5.74) is -0.452. The first-order valence-corrected chi connectivity index (χ1v) is 6.75. The van der Waals surface area contributed by atoms with Crippen molar-refractivity contribution in [2.24, 2.45) is 5.92 Å². The van der Waals surface area contributed by atoms with Crippen LogP contribution >= 0.6 is 0 Å². The second-order valence-corrected chi connectivity index (χ2v) is 5.12. The zero-order chi connectivity index (χ0) is 12.0. The predicted octanol–water partition coefficient (Wildman–Crippen LogP) is 3.73. The zero-order valence-corrected chi connectivity index (χ0v) is 11.1. The normalized spacial score (nSPS) is 30.3. The van der Waals surface area contributed by atoms with Gasteiger partial charge in [-0.15, -0.1) is 0 Å². The van der Waals surface area contributed by atoms with Crippen LogP contribution in [0, 0.1) is 5.92 Å². The van der Waals surface area contributed by atoms with Crippen molar-refractivity contribution >= 4 is 5.78 Å². The number of hydrogen-bond acceptors (Lipinski definition) is 2. The van der Waals surface area contributed by atoms with E-state index in [0.29, 0.717) is 18.1 Å². The Bertz CT molecular complexity index is 225. The number of ether oxygens (including phenoxy) is 1. The van der Waals surface area contributed by atoms with Gasteiger partial charge in [0.25, 0.3) is 0 Å². The van der Waals surface area contributed by atoms with E-state index in [9.17, 15) is 4.79 Å². The minimum Gasteiger partial charge on any atom is -0.370 e. The maximum absolute atomic E-state index is 12.3. The fourth-order valence-electron chi connectivity index (χ4n) is 2.90. The van der Waals surface area contributed by atoms with Gasteiger partial charge in [-0.3, -0.25) is 4.79 Å². The molecule has 0 saturated heterocycles. The Kier molecular flexibility index (Phi) is 5.47. The van der Waals surface area contributed by atoms with Crippen molar-refractivity contribution in [3.8, 4) is 0 Å². The van der Waals surface area contributed by atoms with E-state index < -0.39 is 5.60 Å². The lowest BCUT2D eigenvalue weighted by Gasteiger charge is -2.40. The van der Waals surface area contributed by atoms with Crippen molar-refractivity contribution in [3.05, 3.63) is 0 Å². The van der Waals surface area contributed by atoms with E-state index in [1.807, 2.05) is 0 Å². The number of Topliss-reactive ketones (excluding diaryl/α,β-unsaturated/α-hetero) is 1. The summed E-state index contributed by atoms with van der Waals surface area (Å²) < 4.78 is 5.63. The second-order valence-electron chi connectivity index (χ2n) is 5.12. The molecule has 1 saturated carbocycles. The van der Waals surface area contributed by atoms with Gasteiger partial charge in [-0.2, -0.15) is 0 Å². The van der Waals surface area contributed by atoms with E-state index in [1.165, 1.54) is 12.8 Å². The molecule has 0 bridgehead atoms. The van der Waals surface area contributed by atoms with E-state index in [-0.39, 0.29) is 0 Å². The van der Waals surface area contributed by atoms with Crippen LogP contribution in [0.3, 0.4) is 0 Å². The molecular formula is C14H26O2. The standard InChI is InChI=1S/C14H26O2/c1-4-5-6-10-13(15)14(16-3)11-8-7-9-12(14)2/h12H,4-11H2,1-3H3. The maximum Gasteiger partial charge on any atom is 0.164 e. The molecule has 1 rings (SSSR count). The third kappa shape index (κ3) is 2.85. The number of rotatable bonds is 6. The molecule has 1 aliphatic carbocycles. The van der Waals surface area contributed by atoms with E-state index in [0.717, 1.165) is 32.1 Å². The van der Waals surface area contributed by atoms with Gasteiger partial charge in [-0.05, 0) is 25.2 Å². The average molecular weight is 226 g/mol. The largest absolute Gasteiger partial charge is 0.370 e. The Morgan fingerprint density at radius 3 is 2.69 bits per heavy atom. The number of unbranched alkanes of at least 4 members (excludes halogenated alkanes) is 2. The molecule has 94 valence electrons. The Labute approximate surface area is 99.8 Å². The zero-order valence-electron chi connectivity index (χ0n) is 11.1. The summed E-state index contributed by atoms with van der Waals surface area (Å²) in [6, 6.07) is 0. The predicted molar refractivity (Wildman–Crippen MR) is 66.5 cm³/mol. The Morgan fingerprint density at radius 1 is 1.38 bits per heavy atom. The van der Waals surface area contributed by atoms with Gasteiger partial charge in [0.15, 0.2) is 5.78 Å². The fourth-order valence-corrected chi connectivity index (χ4v) is 2.90. The van der Waals surface area contributed by atoms with Gasteiger partial charge < -0.3 is 4.74 Å². The molecule has 0 aromatic carbocycles.